The molecule has 25 heavy (non-hydrogen) atoms. The number of nitrogens with one attached hydrogen (secondary N) is 2. The molecule has 0 atom stereocenters. The van der Waals surface area contributed by atoms with Gasteiger partial charge in [-0.05, 0) is 43.4 Å². The second-order valence-corrected chi connectivity index (χ2v) is 8.22. The predicted octanol–water partition coefficient (Wildman–Crippen LogP) is 4.65. The number of ether oxygens (including phenoxy) is 1. The topological polar surface area (TPSA) is 63.2 Å². The molecule has 1 aromatic carbocycles. The first kappa shape index (κ1) is 19.2. The maximum atomic E-state index is 11.8. The molecular formula is C19H27N3O2S. The molecule has 1 aromatic heterocycles. The number of benzene rings is 1. The van der Waals surface area contributed by atoms with Crippen molar-refractivity contribution in [2.75, 3.05) is 18.5 Å². The fourth-order valence-electron chi connectivity index (χ4n) is 2.18. The lowest BCUT2D eigenvalue weighted by Crippen LogP contribution is -2.30. The van der Waals surface area contributed by atoms with Gasteiger partial charge in [-0.1, -0.05) is 32.9 Å². The van der Waals surface area contributed by atoms with Gasteiger partial charge in [0.1, 0.15) is 5.75 Å². The number of urea groups is 1. The highest BCUT2D eigenvalue weighted by Crippen LogP contribution is 2.24. The summed E-state index contributed by atoms with van der Waals surface area (Å²) in [4.78, 5) is 17.2. The summed E-state index contributed by atoms with van der Waals surface area (Å²) in [5.41, 5.74) is 2.38. The summed E-state index contributed by atoms with van der Waals surface area (Å²) < 4.78 is 5.71. The lowest BCUT2D eigenvalue weighted by Gasteiger charge is -2.19. The van der Waals surface area contributed by atoms with Crippen LogP contribution in [0.5, 0.6) is 5.75 Å². The quantitative estimate of drug-likeness (QED) is 0.736. The molecule has 0 unspecified atom stereocenters. The summed E-state index contributed by atoms with van der Waals surface area (Å²) in [7, 11) is 0. The third-order valence-electron chi connectivity index (χ3n) is 3.84. The number of amides is 2. The maximum absolute atomic E-state index is 11.8. The molecule has 0 saturated carbocycles. The van der Waals surface area contributed by atoms with Crippen LogP contribution in [0.2, 0.25) is 0 Å². The maximum Gasteiger partial charge on any atom is 0.321 e. The van der Waals surface area contributed by atoms with Crippen LogP contribution in [0.4, 0.5) is 9.93 Å². The Balaban J connectivity index is 1.65. The Morgan fingerprint density at radius 1 is 1.20 bits per heavy atom. The van der Waals surface area contributed by atoms with E-state index in [0.29, 0.717) is 18.3 Å². The van der Waals surface area contributed by atoms with Crippen LogP contribution in [0.25, 0.3) is 0 Å². The van der Waals surface area contributed by atoms with Crippen LogP contribution >= 0.6 is 11.3 Å². The van der Waals surface area contributed by atoms with Gasteiger partial charge in [0.2, 0.25) is 0 Å². The minimum absolute atomic E-state index is 0.143. The van der Waals surface area contributed by atoms with Crippen molar-refractivity contribution in [3.63, 3.8) is 0 Å². The van der Waals surface area contributed by atoms with Crippen molar-refractivity contribution in [3.05, 3.63) is 40.4 Å². The van der Waals surface area contributed by atoms with Gasteiger partial charge in [-0.2, -0.15) is 0 Å². The van der Waals surface area contributed by atoms with E-state index in [-0.39, 0.29) is 11.4 Å². The first-order valence-electron chi connectivity index (χ1n) is 8.48. The lowest BCUT2D eigenvalue weighted by molar-refractivity contribution is 0.250. The molecule has 0 bridgehead atoms. The van der Waals surface area contributed by atoms with Crippen molar-refractivity contribution in [1.82, 2.24) is 10.3 Å². The summed E-state index contributed by atoms with van der Waals surface area (Å²) in [5.74, 6) is 0.853. The summed E-state index contributed by atoms with van der Waals surface area (Å²) in [6.07, 6.45) is 0.740. The standard InChI is InChI=1S/C19H27N3O2S/c1-13-14(2)25-18(21-13)22-17(23)20-11-6-12-24-16-9-7-15(8-10-16)19(3,4)5/h7-10H,6,11-12H2,1-5H3,(H2,20,21,22,23). The first-order valence-corrected chi connectivity index (χ1v) is 9.29. The van der Waals surface area contributed by atoms with Gasteiger partial charge < -0.3 is 10.1 Å². The van der Waals surface area contributed by atoms with E-state index >= 15 is 0 Å². The van der Waals surface area contributed by atoms with E-state index in [9.17, 15) is 4.79 Å². The van der Waals surface area contributed by atoms with E-state index in [0.717, 1.165) is 22.7 Å². The van der Waals surface area contributed by atoms with E-state index in [1.165, 1.54) is 16.9 Å². The van der Waals surface area contributed by atoms with E-state index in [1.807, 2.05) is 26.0 Å². The zero-order valence-electron chi connectivity index (χ0n) is 15.6. The Bertz CT molecular complexity index is 683. The Kier molecular flexibility index (Phi) is 6.42. The zero-order chi connectivity index (χ0) is 18.4. The van der Waals surface area contributed by atoms with Crippen LogP contribution in [0.3, 0.4) is 0 Å². The van der Waals surface area contributed by atoms with E-state index in [4.69, 9.17) is 4.74 Å². The molecular weight excluding hydrogens is 334 g/mol. The van der Waals surface area contributed by atoms with Crippen molar-refractivity contribution >= 4 is 22.5 Å². The zero-order valence-corrected chi connectivity index (χ0v) is 16.4. The van der Waals surface area contributed by atoms with Gasteiger partial charge in [0, 0.05) is 11.4 Å². The van der Waals surface area contributed by atoms with Crippen molar-refractivity contribution in [2.24, 2.45) is 0 Å². The summed E-state index contributed by atoms with van der Waals surface area (Å²) in [6, 6.07) is 7.95. The minimum atomic E-state index is -0.233. The third-order valence-corrected chi connectivity index (χ3v) is 4.83. The average molecular weight is 362 g/mol. The molecule has 136 valence electrons. The molecule has 6 heteroatoms. The number of nitrogens with zero attached hydrogens (tertiary/aromatic N) is 1. The Labute approximate surface area is 153 Å². The molecule has 0 aliphatic carbocycles. The smallest absolute Gasteiger partial charge is 0.321 e. The van der Waals surface area contributed by atoms with Gasteiger partial charge in [0.15, 0.2) is 5.13 Å². The number of carbonyl (C=O) groups is 1. The average Bonchev–Trinajstić information content (AvgIpc) is 2.84. The van der Waals surface area contributed by atoms with Gasteiger partial charge in [-0.25, -0.2) is 9.78 Å². The van der Waals surface area contributed by atoms with Crippen molar-refractivity contribution in [1.29, 1.82) is 0 Å². The van der Waals surface area contributed by atoms with Gasteiger partial charge in [-0.15, -0.1) is 11.3 Å². The normalized spacial score (nSPS) is 11.2. The highest BCUT2D eigenvalue weighted by molar-refractivity contribution is 7.15. The highest BCUT2D eigenvalue weighted by Gasteiger charge is 2.13. The summed E-state index contributed by atoms with van der Waals surface area (Å²) >= 11 is 1.48. The SMILES string of the molecule is Cc1nc(NC(=O)NCCCOc2ccc(C(C)(C)C)cc2)sc1C. The molecule has 0 spiro atoms. The highest BCUT2D eigenvalue weighted by atomic mass is 32.1. The fourth-order valence-corrected chi connectivity index (χ4v) is 2.99. The lowest BCUT2D eigenvalue weighted by atomic mass is 9.87. The molecule has 5 nitrogen and oxygen atoms in total. The number of carbonyl (C=O) groups excluding carboxylic acids is 1. The van der Waals surface area contributed by atoms with Crippen LogP contribution in [0.15, 0.2) is 24.3 Å². The van der Waals surface area contributed by atoms with Gasteiger partial charge in [-0.3, -0.25) is 5.32 Å². The molecule has 0 radical (unpaired) electrons. The van der Waals surface area contributed by atoms with Crippen LogP contribution in [-0.4, -0.2) is 24.2 Å². The molecule has 1 heterocycles. The molecule has 0 fully saturated rings. The van der Waals surface area contributed by atoms with Crippen molar-refractivity contribution in [2.45, 2.75) is 46.5 Å². The third kappa shape index (κ3) is 6.05. The first-order chi connectivity index (χ1) is 11.8. The monoisotopic (exact) mass is 361 g/mol. The molecule has 2 aromatic rings. The largest absolute Gasteiger partial charge is 0.494 e. The molecule has 0 aliphatic rings. The second-order valence-electron chi connectivity index (χ2n) is 7.02. The predicted molar refractivity (Wildman–Crippen MR) is 104 cm³/mol. The molecule has 0 saturated heterocycles. The Morgan fingerprint density at radius 3 is 2.44 bits per heavy atom. The van der Waals surface area contributed by atoms with Crippen molar-refractivity contribution in [3.8, 4) is 5.75 Å². The number of aryl methyl sites for hydroxylation is 2. The van der Waals surface area contributed by atoms with E-state index in [1.54, 1.807) is 0 Å². The number of rotatable bonds is 6. The number of hydrogen-bond acceptors (Lipinski definition) is 4. The number of anilines is 1. The molecule has 0 aliphatic heterocycles. The Hall–Kier alpha value is -2.08. The summed E-state index contributed by atoms with van der Waals surface area (Å²) in [6.45, 7) is 11.6. The van der Waals surface area contributed by atoms with Crippen LogP contribution < -0.4 is 15.4 Å². The van der Waals surface area contributed by atoms with E-state index in [2.05, 4.69) is 48.5 Å². The molecule has 2 rings (SSSR count). The molecule has 2 amide bonds. The van der Waals surface area contributed by atoms with Crippen LogP contribution in [-0.2, 0) is 5.41 Å². The summed E-state index contributed by atoms with van der Waals surface area (Å²) in [5, 5.41) is 6.19. The van der Waals surface area contributed by atoms with Gasteiger partial charge in [0.25, 0.3) is 0 Å². The van der Waals surface area contributed by atoms with Gasteiger partial charge in [0.05, 0.1) is 12.3 Å². The molecule has 2 N–H and O–H groups in total. The Morgan fingerprint density at radius 2 is 1.88 bits per heavy atom. The van der Waals surface area contributed by atoms with Gasteiger partial charge >= 0.3 is 6.03 Å². The number of hydrogen-bond donors (Lipinski definition) is 2. The van der Waals surface area contributed by atoms with Crippen LogP contribution in [0, 0.1) is 13.8 Å². The van der Waals surface area contributed by atoms with E-state index < -0.39 is 0 Å². The van der Waals surface area contributed by atoms with Crippen molar-refractivity contribution < 1.29 is 9.53 Å². The second kappa shape index (κ2) is 8.34. The minimum Gasteiger partial charge on any atom is -0.494 e. The fraction of sp³-hybridized carbons (Fsp3) is 0.474. The van der Waals surface area contributed by atoms with Crippen LogP contribution in [0.1, 0.15) is 43.3 Å². The number of aromatic nitrogens is 1. The number of thiazole rings is 1.